The fourth-order valence-corrected chi connectivity index (χ4v) is 2.29. The molecular weight excluding hydrogens is 220 g/mol. The molecule has 0 aliphatic rings. The van der Waals surface area contributed by atoms with Crippen LogP contribution < -0.4 is 5.73 Å². The summed E-state index contributed by atoms with van der Waals surface area (Å²) in [6.07, 6.45) is 2.18. The smallest absolute Gasteiger partial charge is 0.00190 e. The summed E-state index contributed by atoms with van der Waals surface area (Å²) in [6.45, 7) is 2.95. The molecule has 0 bridgehead atoms. The van der Waals surface area contributed by atoms with Gasteiger partial charge in [-0.25, -0.2) is 0 Å². The van der Waals surface area contributed by atoms with E-state index in [1.807, 2.05) is 0 Å². The van der Waals surface area contributed by atoms with Crippen molar-refractivity contribution >= 4 is 10.8 Å². The maximum Gasteiger partial charge on any atom is 0.00190 e. The summed E-state index contributed by atoms with van der Waals surface area (Å²) in [7, 11) is 2.17. The Morgan fingerprint density at radius 1 is 1.00 bits per heavy atom. The van der Waals surface area contributed by atoms with Gasteiger partial charge in [0.25, 0.3) is 0 Å². The first kappa shape index (κ1) is 13.1. The predicted octanol–water partition coefficient (Wildman–Crippen LogP) is 2.66. The molecule has 0 unspecified atom stereocenters. The van der Waals surface area contributed by atoms with Crippen molar-refractivity contribution in [2.45, 2.75) is 12.8 Å². The molecule has 0 aliphatic carbocycles. The van der Waals surface area contributed by atoms with Gasteiger partial charge in [0.1, 0.15) is 0 Å². The number of likely N-dealkylation sites (N-methyl/N-ethyl adjacent to an activating group) is 1. The van der Waals surface area contributed by atoms with Crippen LogP contribution in [0, 0.1) is 0 Å². The van der Waals surface area contributed by atoms with Crippen LogP contribution in [0.15, 0.2) is 42.5 Å². The van der Waals surface area contributed by atoms with Gasteiger partial charge in [0.2, 0.25) is 0 Å². The third-order valence-electron chi connectivity index (χ3n) is 3.39. The van der Waals surface area contributed by atoms with E-state index < -0.39 is 0 Å². The molecule has 0 radical (unpaired) electrons. The Morgan fingerprint density at radius 2 is 1.78 bits per heavy atom. The molecule has 0 saturated heterocycles. The summed E-state index contributed by atoms with van der Waals surface area (Å²) in [4.78, 5) is 2.36. The van der Waals surface area contributed by atoms with Gasteiger partial charge in [-0.2, -0.15) is 0 Å². The minimum absolute atomic E-state index is 0.776. The summed E-state index contributed by atoms with van der Waals surface area (Å²) >= 11 is 0. The van der Waals surface area contributed by atoms with Crippen molar-refractivity contribution < 1.29 is 0 Å². The molecule has 2 aromatic rings. The average molecular weight is 242 g/mol. The normalized spacial score (nSPS) is 11.3. The molecule has 0 heterocycles. The van der Waals surface area contributed by atoms with Gasteiger partial charge in [-0.15, -0.1) is 0 Å². The Morgan fingerprint density at radius 3 is 2.61 bits per heavy atom. The van der Waals surface area contributed by atoms with Gasteiger partial charge >= 0.3 is 0 Å². The molecule has 0 amide bonds. The van der Waals surface area contributed by atoms with Crippen LogP contribution in [0.2, 0.25) is 0 Å². The quantitative estimate of drug-likeness (QED) is 0.844. The summed E-state index contributed by atoms with van der Waals surface area (Å²) in [6, 6.07) is 15.2. The van der Waals surface area contributed by atoms with E-state index in [4.69, 9.17) is 5.73 Å². The first-order chi connectivity index (χ1) is 8.81. The molecule has 0 saturated carbocycles. The standard InChI is InChI=1S/C16H22N2/c1-18(12-5-11-17)13-10-15-8-4-7-14-6-2-3-9-16(14)15/h2-4,6-9H,5,10-13,17H2,1H3. The van der Waals surface area contributed by atoms with E-state index in [0.717, 1.165) is 32.5 Å². The largest absolute Gasteiger partial charge is 0.330 e. The van der Waals surface area contributed by atoms with Crippen LogP contribution in [0.5, 0.6) is 0 Å². The highest BCUT2D eigenvalue weighted by Crippen LogP contribution is 2.18. The Kier molecular flexibility index (Phi) is 4.73. The third-order valence-corrected chi connectivity index (χ3v) is 3.39. The van der Waals surface area contributed by atoms with Crippen LogP contribution in [0.1, 0.15) is 12.0 Å². The van der Waals surface area contributed by atoms with Gasteiger partial charge in [0.05, 0.1) is 0 Å². The minimum atomic E-state index is 0.776. The van der Waals surface area contributed by atoms with Crippen LogP contribution in [-0.2, 0) is 6.42 Å². The SMILES string of the molecule is CN(CCCN)CCc1cccc2ccccc12. The molecule has 0 aliphatic heterocycles. The lowest BCUT2D eigenvalue weighted by molar-refractivity contribution is 0.336. The van der Waals surface area contributed by atoms with E-state index in [0.29, 0.717) is 0 Å². The van der Waals surface area contributed by atoms with Crippen molar-refractivity contribution in [1.29, 1.82) is 0 Å². The van der Waals surface area contributed by atoms with Crippen molar-refractivity contribution in [2.24, 2.45) is 5.73 Å². The zero-order valence-corrected chi connectivity index (χ0v) is 11.1. The van der Waals surface area contributed by atoms with Crippen LogP contribution in [0.25, 0.3) is 10.8 Å². The topological polar surface area (TPSA) is 29.3 Å². The maximum atomic E-state index is 5.53. The van der Waals surface area contributed by atoms with Crippen molar-refractivity contribution in [3.63, 3.8) is 0 Å². The molecule has 2 nitrogen and oxygen atoms in total. The maximum absolute atomic E-state index is 5.53. The zero-order valence-electron chi connectivity index (χ0n) is 11.1. The Hall–Kier alpha value is -1.38. The number of rotatable bonds is 6. The minimum Gasteiger partial charge on any atom is -0.330 e. The van der Waals surface area contributed by atoms with Crippen molar-refractivity contribution in [1.82, 2.24) is 4.90 Å². The molecule has 0 spiro atoms. The molecule has 18 heavy (non-hydrogen) atoms. The first-order valence-electron chi connectivity index (χ1n) is 6.66. The molecule has 2 N–H and O–H groups in total. The van der Waals surface area contributed by atoms with E-state index in [2.05, 4.69) is 54.4 Å². The highest BCUT2D eigenvalue weighted by molar-refractivity contribution is 5.85. The summed E-state index contributed by atoms with van der Waals surface area (Å²) in [5.74, 6) is 0. The Labute approximate surface area is 109 Å². The van der Waals surface area contributed by atoms with Gasteiger partial charge in [-0.05, 0) is 49.3 Å². The highest BCUT2D eigenvalue weighted by Gasteiger charge is 2.02. The zero-order chi connectivity index (χ0) is 12.8. The van der Waals surface area contributed by atoms with E-state index in [-0.39, 0.29) is 0 Å². The molecule has 96 valence electrons. The van der Waals surface area contributed by atoms with E-state index >= 15 is 0 Å². The Balaban J connectivity index is 2.03. The Bertz CT molecular complexity index is 488. The fourth-order valence-electron chi connectivity index (χ4n) is 2.29. The van der Waals surface area contributed by atoms with Gasteiger partial charge < -0.3 is 10.6 Å². The second kappa shape index (κ2) is 6.53. The first-order valence-corrected chi connectivity index (χ1v) is 6.66. The van der Waals surface area contributed by atoms with Crippen LogP contribution in [0.4, 0.5) is 0 Å². The second-order valence-corrected chi connectivity index (χ2v) is 4.83. The fraction of sp³-hybridized carbons (Fsp3) is 0.375. The number of benzene rings is 2. The van der Waals surface area contributed by atoms with Gasteiger partial charge in [-0.1, -0.05) is 42.5 Å². The van der Waals surface area contributed by atoms with Crippen molar-refractivity contribution in [2.75, 3.05) is 26.7 Å². The summed E-state index contributed by atoms with van der Waals surface area (Å²) in [5.41, 5.74) is 6.97. The molecule has 2 heteroatoms. The lowest BCUT2D eigenvalue weighted by Gasteiger charge is -2.16. The van der Waals surface area contributed by atoms with Crippen molar-refractivity contribution in [3.05, 3.63) is 48.0 Å². The lowest BCUT2D eigenvalue weighted by atomic mass is 10.0. The van der Waals surface area contributed by atoms with Gasteiger partial charge in [0.15, 0.2) is 0 Å². The van der Waals surface area contributed by atoms with Gasteiger partial charge in [0, 0.05) is 6.54 Å². The predicted molar refractivity (Wildman–Crippen MR) is 78.8 cm³/mol. The van der Waals surface area contributed by atoms with Crippen LogP contribution >= 0.6 is 0 Å². The number of nitrogens with two attached hydrogens (primary N) is 1. The van der Waals surface area contributed by atoms with E-state index in [9.17, 15) is 0 Å². The lowest BCUT2D eigenvalue weighted by Crippen LogP contribution is -2.24. The van der Waals surface area contributed by atoms with Gasteiger partial charge in [-0.3, -0.25) is 0 Å². The molecule has 0 aromatic heterocycles. The molecule has 2 rings (SSSR count). The second-order valence-electron chi connectivity index (χ2n) is 4.83. The molecular formula is C16H22N2. The number of hydrogen-bond acceptors (Lipinski definition) is 2. The van der Waals surface area contributed by atoms with Crippen molar-refractivity contribution in [3.8, 4) is 0 Å². The number of nitrogens with zero attached hydrogens (tertiary/aromatic N) is 1. The number of hydrogen-bond donors (Lipinski definition) is 1. The highest BCUT2D eigenvalue weighted by atomic mass is 15.1. The van der Waals surface area contributed by atoms with Crippen LogP contribution in [0.3, 0.4) is 0 Å². The number of fused-ring (bicyclic) bond motifs is 1. The monoisotopic (exact) mass is 242 g/mol. The summed E-state index contributed by atoms with van der Waals surface area (Å²) < 4.78 is 0. The third kappa shape index (κ3) is 3.31. The molecule has 0 fully saturated rings. The molecule has 2 aromatic carbocycles. The van der Waals surface area contributed by atoms with E-state index in [1.165, 1.54) is 16.3 Å². The van der Waals surface area contributed by atoms with E-state index in [1.54, 1.807) is 0 Å². The van der Waals surface area contributed by atoms with Crippen LogP contribution in [-0.4, -0.2) is 31.6 Å². The molecule has 0 atom stereocenters. The average Bonchev–Trinajstić information content (AvgIpc) is 2.42. The summed E-state index contributed by atoms with van der Waals surface area (Å²) in [5, 5.41) is 2.71.